The van der Waals surface area contributed by atoms with Crippen LogP contribution in [-0.2, 0) is 13.5 Å². The van der Waals surface area contributed by atoms with Gasteiger partial charge in [0.1, 0.15) is 11.6 Å². The van der Waals surface area contributed by atoms with Crippen LogP contribution in [0.3, 0.4) is 0 Å². The summed E-state index contributed by atoms with van der Waals surface area (Å²) in [5, 5.41) is 8.53. The molecular weight excluding hydrogens is 315 g/mol. The van der Waals surface area contributed by atoms with Gasteiger partial charge in [0.25, 0.3) is 0 Å². The number of benzene rings is 1. The SMILES string of the molecule is Cc1nn(C)c2nc(NCCc3nc4ccc(F)cc4[nH]3)sc12. The molecule has 0 atom stereocenters. The maximum Gasteiger partial charge on any atom is 0.185 e. The molecule has 0 spiro atoms. The lowest BCUT2D eigenvalue weighted by atomic mass is 10.3. The highest BCUT2D eigenvalue weighted by Gasteiger charge is 2.11. The molecule has 2 N–H and O–H groups in total. The minimum atomic E-state index is -0.260. The molecule has 0 radical (unpaired) electrons. The van der Waals surface area contributed by atoms with Crippen LogP contribution < -0.4 is 5.32 Å². The van der Waals surface area contributed by atoms with E-state index in [1.54, 1.807) is 22.1 Å². The van der Waals surface area contributed by atoms with Crippen LogP contribution in [0.25, 0.3) is 21.4 Å². The Morgan fingerprint density at radius 2 is 2.22 bits per heavy atom. The van der Waals surface area contributed by atoms with Crippen LogP contribution in [0, 0.1) is 12.7 Å². The zero-order chi connectivity index (χ0) is 16.0. The first kappa shape index (κ1) is 14.1. The lowest BCUT2D eigenvalue weighted by Gasteiger charge is -1.99. The van der Waals surface area contributed by atoms with Gasteiger partial charge in [-0.2, -0.15) is 5.10 Å². The Balaban J connectivity index is 1.46. The molecule has 0 aliphatic carbocycles. The van der Waals surface area contributed by atoms with E-state index in [1.165, 1.54) is 12.1 Å². The second kappa shape index (κ2) is 5.31. The highest BCUT2D eigenvalue weighted by atomic mass is 32.1. The first-order valence-corrected chi connectivity index (χ1v) is 8.10. The van der Waals surface area contributed by atoms with Gasteiger partial charge >= 0.3 is 0 Å². The van der Waals surface area contributed by atoms with Crippen molar-refractivity contribution in [1.29, 1.82) is 0 Å². The van der Waals surface area contributed by atoms with Crippen molar-refractivity contribution in [2.24, 2.45) is 7.05 Å². The van der Waals surface area contributed by atoms with Crippen LogP contribution in [-0.4, -0.2) is 31.3 Å². The number of aryl methyl sites for hydroxylation is 2. The Morgan fingerprint density at radius 1 is 1.35 bits per heavy atom. The van der Waals surface area contributed by atoms with Gasteiger partial charge in [-0.05, 0) is 25.1 Å². The first-order chi connectivity index (χ1) is 11.1. The van der Waals surface area contributed by atoms with Crippen LogP contribution >= 0.6 is 11.3 Å². The summed E-state index contributed by atoms with van der Waals surface area (Å²) in [5.74, 6) is 0.571. The van der Waals surface area contributed by atoms with Crippen molar-refractivity contribution >= 4 is 37.8 Å². The highest BCUT2D eigenvalue weighted by Crippen LogP contribution is 2.27. The Hall–Kier alpha value is -2.48. The van der Waals surface area contributed by atoms with Gasteiger partial charge in [-0.3, -0.25) is 0 Å². The van der Waals surface area contributed by atoms with E-state index < -0.39 is 0 Å². The number of halogens is 1. The molecule has 0 saturated heterocycles. The van der Waals surface area contributed by atoms with Gasteiger partial charge in [-0.1, -0.05) is 11.3 Å². The number of fused-ring (bicyclic) bond motifs is 2. The average molecular weight is 330 g/mol. The molecule has 0 fully saturated rings. The van der Waals surface area contributed by atoms with Gasteiger partial charge in [0.2, 0.25) is 0 Å². The number of hydrogen-bond donors (Lipinski definition) is 2. The number of H-pyrrole nitrogens is 1. The van der Waals surface area contributed by atoms with E-state index in [0.717, 1.165) is 38.0 Å². The number of anilines is 1. The van der Waals surface area contributed by atoms with Crippen molar-refractivity contribution in [2.75, 3.05) is 11.9 Å². The van der Waals surface area contributed by atoms with Crippen molar-refractivity contribution in [3.8, 4) is 0 Å². The molecule has 8 heteroatoms. The van der Waals surface area contributed by atoms with Crippen LogP contribution in [0.2, 0.25) is 0 Å². The Kier molecular flexibility index (Phi) is 3.26. The van der Waals surface area contributed by atoms with Gasteiger partial charge < -0.3 is 10.3 Å². The largest absolute Gasteiger partial charge is 0.361 e. The summed E-state index contributed by atoms with van der Waals surface area (Å²) >= 11 is 1.60. The molecule has 23 heavy (non-hydrogen) atoms. The Morgan fingerprint density at radius 3 is 3.04 bits per heavy atom. The molecule has 6 nitrogen and oxygen atoms in total. The molecular formula is C15H15FN6S. The normalized spacial score (nSPS) is 11.6. The van der Waals surface area contributed by atoms with Crippen molar-refractivity contribution in [2.45, 2.75) is 13.3 Å². The third kappa shape index (κ3) is 2.55. The van der Waals surface area contributed by atoms with E-state index in [-0.39, 0.29) is 5.82 Å². The average Bonchev–Trinajstić information content (AvgIpc) is 3.16. The number of aromatic amines is 1. The molecule has 0 amide bonds. The second-order valence-corrected chi connectivity index (χ2v) is 6.40. The van der Waals surface area contributed by atoms with Gasteiger partial charge in [0.15, 0.2) is 10.8 Å². The fraction of sp³-hybridized carbons (Fsp3) is 0.267. The van der Waals surface area contributed by atoms with Crippen molar-refractivity contribution in [1.82, 2.24) is 24.7 Å². The topological polar surface area (TPSA) is 71.4 Å². The third-order valence-electron chi connectivity index (χ3n) is 3.68. The van der Waals surface area contributed by atoms with Crippen LogP contribution in [0.15, 0.2) is 18.2 Å². The van der Waals surface area contributed by atoms with E-state index in [1.807, 2.05) is 14.0 Å². The summed E-state index contributed by atoms with van der Waals surface area (Å²) in [6, 6.07) is 4.56. The smallest absolute Gasteiger partial charge is 0.185 e. The minimum Gasteiger partial charge on any atom is -0.361 e. The summed E-state index contributed by atoms with van der Waals surface area (Å²) < 4.78 is 16.1. The number of aromatic nitrogens is 5. The monoisotopic (exact) mass is 330 g/mol. The van der Waals surface area contributed by atoms with E-state index in [0.29, 0.717) is 13.0 Å². The van der Waals surface area contributed by atoms with E-state index >= 15 is 0 Å². The van der Waals surface area contributed by atoms with Gasteiger partial charge in [0.05, 0.1) is 21.4 Å². The molecule has 118 valence electrons. The zero-order valence-corrected chi connectivity index (χ0v) is 13.5. The lowest BCUT2D eigenvalue weighted by Crippen LogP contribution is -2.05. The molecule has 4 rings (SSSR count). The van der Waals surface area contributed by atoms with Crippen LogP contribution in [0.1, 0.15) is 11.5 Å². The quantitative estimate of drug-likeness (QED) is 0.603. The van der Waals surface area contributed by atoms with Crippen molar-refractivity contribution < 1.29 is 4.39 Å². The molecule has 0 aliphatic rings. The fourth-order valence-electron chi connectivity index (χ4n) is 2.60. The maximum atomic E-state index is 13.2. The Bertz CT molecular complexity index is 964. The molecule has 0 saturated carbocycles. The summed E-state index contributed by atoms with van der Waals surface area (Å²) in [4.78, 5) is 12.1. The molecule has 1 aromatic carbocycles. The van der Waals surface area contributed by atoms with E-state index in [9.17, 15) is 4.39 Å². The van der Waals surface area contributed by atoms with E-state index in [4.69, 9.17) is 0 Å². The molecule has 0 aliphatic heterocycles. The standard InChI is InChI=1S/C15H15FN6S/c1-8-13-14(22(2)21-8)20-15(23-13)17-6-5-12-18-10-4-3-9(16)7-11(10)19-12/h3-4,7H,5-6H2,1-2H3,(H,17,20)(H,18,19). The molecule has 0 unspecified atom stereocenters. The van der Waals surface area contributed by atoms with Crippen molar-refractivity contribution in [3.63, 3.8) is 0 Å². The zero-order valence-electron chi connectivity index (χ0n) is 12.7. The predicted molar refractivity (Wildman–Crippen MR) is 89.4 cm³/mol. The summed E-state index contributed by atoms with van der Waals surface area (Å²) in [6.45, 7) is 2.69. The summed E-state index contributed by atoms with van der Waals surface area (Å²) in [5.41, 5.74) is 3.39. The van der Waals surface area contributed by atoms with Crippen molar-refractivity contribution in [3.05, 3.63) is 35.5 Å². The molecule has 4 aromatic rings. The number of hydrogen-bond acceptors (Lipinski definition) is 5. The summed E-state index contributed by atoms with van der Waals surface area (Å²) in [6.07, 6.45) is 0.712. The lowest BCUT2D eigenvalue weighted by molar-refractivity contribution is 0.629. The number of rotatable bonds is 4. The van der Waals surface area contributed by atoms with E-state index in [2.05, 4.69) is 25.4 Å². The van der Waals surface area contributed by atoms with Crippen LogP contribution in [0.4, 0.5) is 9.52 Å². The fourth-order valence-corrected chi connectivity index (χ4v) is 3.56. The van der Waals surface area contributed by atoms with Crippen LogP contribution in [0.5, 0.6) is 0 Å². The Labute approximate surface area is 135 Å². The highest BCUT2D eigenvalue weighted by molar-refractivity contribution is 7.22. The third-order valence-corrected chi connectivity index (χ3v) is 4.79. The maximum absolute atomic E-state index is 13.2. The first-order valence-electron chi connectivity index (χ1n) is 7.28. The summed E-state index contributed by atoms with van der Waals surface area (Å²) in [7, 11) is 1.90. The number of nitrogens with one attached hydrogen (secondary N) is 2. The molecule has 0 bridgehead atoms. The minimum absolute atomic E-state index is 0.260. The molecule has 3 heterocycles. The number of thiazole rings is 1. The predicted octanol–water partition coefficient (Wildman–Crippen LogP) is 3.01. The number of nitrogens with zero attached hydrogens (tertiary/aromatic N) is 4. The van der Waals surface area contributed by atoms with Gasteiger partial charge in [0, 0.05) is 20.0 Å². The number of imidazole rings is 1. The van der Waals surface area contributed by atoms with Gasteiger partial charge in [-0.15, -0.1) is 0 Å². The van der Waals surface area contributed by atoms with Gasteiger partial charge in [-0.25, -0.2) is 19.0 Å². The molecule has 3 aromatic heterocycles. The second-order valence-electron chi connectivity index (χ2n) is 5.40.